The molecule has 0 aliphatic heterocycles. The van der Waals surface area contributed by atoms with Crippen LogP contribution in [0.4, 0.5) is 15.8 Å². The molecular formula is C26H24FN5O3S. The number of halogens is 1. The molecule has 2 N–H and O–H groups in total. The van der Waals surface area contributed by atoms with E-state index in [1.54, 1.807) is 43.0 Å². The minimum atomic E-state index is -0.537. The van der Waals surface area contributed by atoms with Crippen LogP contribution in [0.5, 0.6) is 22.4 Å². The van der Waals surface area contributed by atoms with Gasteiger partial charge in [-0.2, -0.15) is 5.26 Å². The second kappa shape index (κ2) is 10.8. The summed E-state index contributed by atoms with van der Waals surface area (Å²) in [4.78, 5) is 8.45. The van der Waals surface area contributed by atoms with E-state index in [4.69, 9.17) is 14.2 Å². The molecule has 0 radical (unpaired) electrons. The first-order valence-corrected chi connectivity index (χ1v) is 12.4. The summed E-state index contributed by atoms with van der Waals surface area (Å²) in [5.74, 6) is 0.855. The van der Waals surface area contributed by atoms with Crippen LogP contribution in [-0.4, -0.2) is 36.3 Å². The summed E-state index contributed by atoms with van der Waals surface area (Å²) in [6.07, 6.45) is 6.44. The fourth-order valence-electron chi connectivity index (χ4n) is 3.70. The average molecular weight is 506 g/mol. The standard InChI is InChI=1S/C26H24FN5O3S/c1-33-23-12-19-22(13-24(23)34-9-2-7-29-17-3-4-17)31-15-16(14-28)25(19)32-21-6-5-18(11-20(21)27)35-26-30-8-10-36-26/h5-6,8,10-13,15,17,29H,2-4,7,9H2,1H3,(H,31,32). The Balaban J connectivity index is 1.39. The van der Waals surface area contributed by atoms with Gasteiger partial charge < -0.3 is 24.8 Å². The third-order valence-electron chi connectivity index (χ3n) is 5.68. The van der Waals surface area contributed by atoms with Crippen LogP contribution in [-0.2, 0) is 0 Å². The summed E-state index contributed by atoms with van der Waals surface area (Å²) in [7, 11) is 1.55. The number of benzene rings is 2. The number of ether oxygens (including phenoxy) is 3. The lowest BCUT2D eigenvalue weighted by molar-refractivity contribution is 0.288. The van der Waals surface area contributed by atoms with Crippen LogP contribution in [0, 0.1) is 17.1 Å². The maximum absolute atomic E-state index is 15.0. The number of pyridine rings is 1. The summed E-state index contributed by atoms with van der Waals surface area (Å²) in [6.45, 7) is 1.43. The second-order valence-electron chi connectivity index (χ2n) is 8.28. The normalized spacial score (nSPS) is 12.8. The van der Waals surface area contributed by atoms with Crippen LogP contribution >= 0.6 is 11.3 Å². The van der Waals surface area contributed by atoms with Crippen molar-refractivity contribution in [2.75, 3.05) is 25.6 Å². The number of fused-ring (bicyclic) bond motifs is 1. The number of rotatable bonds is 11. The van der Waals surface area contributed by atoms with E-state index in [1.165, 1.54) is 36.4 Å². The number of nitriles is 1. The van der Waals surface area contributed by atoms with Gasteiger partial charge in [-0.25, -0.2) is 9.37 Å². The Labute approximate surface area is 211 Å². The number of hydrogen-bond donors (Lipinski definition) is 2. The van der Waals surface area contributed by atoms with Crippen molar-refractivity contribution >= 4 is 33.6 Å². The smallest absolute Gasteiger partial charge is 0.278 e. The van der Waals surface area contributed by atoms with E-state index >= 15 is 0 Å². The van der Waals surface area contributed by atoms with Gasteiger partial charge in [-0.1, -0.05) is 11.3 Å². The Morgan fingerprint density at radius 1 is 1.19 bits per heavy atom. The zero-order valence-corrected chi connectivity index (χ0v) is 20.4. The van der Waals surface area contributed by atoms with E-state index in [0.717, 1.165) is 13.0 Å². The zero-order chi connectivity index (χ0) is 24.9. The summed E-state index contributed by atoms with van der Waals surface area (Å²) in [6, 6.07) is 10.8. The van der Waals surface area contributed by atoms with Crippen LogP contribution in [0.3, 0.4) is 0 Å². The van der Waals surface area contributed by atoms with Gasteiger partial charge in [0.2, 0.25) is 0 Å². The van der Waals surface area contributed by atoms with Crippen molar-refractivity contribution in [2.45, 2.75) is 25.3 Å². The van der Waals surface area contributed by atoms with E-state index in [1.807, 2.05) is 0 Å². The van der Waals surface area contributed by atoms with Crippen LogP contribution in [0.1, 0.15) is 24.8 Å². The zero-order valence-electron chi connectivity index (χ0n) is 19.6. The van der Waals surface area contributed by atoms with Crippen LogP contribution in [0.15, 0.2) is 48.1 Å². The number of aromatic nitrogens is 2. The van der Waals surface area contributed by atoms with E-state index in [9.17, 15) is 9.65 Å². The van der Waals surface area contributed by atoms with E-state index in [-0.39, 0.29) is 11.3 Å². The highest BCUT2D eigenvalue weighted by Crippen LogP contribution is 2.38. The van der Waals surface area contributed by atoms with Crippen molar-refractivity contribution in [3.05, 3.63) is 59.5 Å². The largest absolute Gasteiger partial charge is 0.493 e. The van der Waals surface area contributed by atoms with Gasteiger partial charge in [0, 0.05) is 41.3 Å². The Bertz CT molecular complexity index is 1400. The van der Waals surface area contributed by atoms with Crippen LogP contribution in [0.25, 0.3) is 10.9 Å². The van der Waals surface area contributed by atoms with Crippen molar-refractivity contribution in [3.63, 3.8) is 0 Å². The van der Waals surface area contributed by atoms with Gasteiger partial charge in [-0.3, -0.25) is 4.98 Å². The number of methoxy groups -OCH3 is 1. The lowest BCUT2D eigenvalue weighted by atomic mass is 10.1. The van der Waals surface area contributed by atoms with E-state index < -0.39 is 5.82 Å². The fraction of sp³-hybridized carbons (Fsp3) is 0.269. The third kappa shape index (κ3) is 5.48. The number of thiazole rings is 1. The molecule has 1 saturated carbocycles. The number of anilines is 2. The molecule has 8 nitrogen and oxygen atoms in total. The lowest BCUT2D eigenvalue weighted by Crippen LogP contribution is -2.19. The van der Waals surface area contributed by atoms with Gasteiger partial charge in [0.1, 0.15) is 17.6 Å². The third-order valence-corrected chi connectivity index (χ3v) is 6.33. The van der Waals surface area contributed by atoms with Gasteiger partial charge in [0.25, 0.3) is 5.19 Å². The summed E-state index contributed by atoms with van der Waals surface area (Å²) in [5, 5.41) is 19.0. The average Bonchev–Trinajstić information content (AvgIpc) is 3.58. The second-order valence-corrected chi connectivity index (χ2v) is 9.13. The molecule has 1 aliphatic carbocycles. The molecule has 2 aromatic heterocycles. The van der Waals surface area contributed by atoms with Gasteiger partial charge in [-0.05, 0) is 44.0 Å². The Kier molecular flexibility index (Phi) is 7.11. The van der Waals surface area contributed by atoms with Gasteiger partial charge in [-0.15, -0.1) is 0 Å². The molecular weight excluding hydrogens is 481 g/mol. The maximum atomic E-state index is 15.0. The van der Waals surface area contributed by atoms with Gasteiger partial charge in [0.15, 0.2) is 11.5 Å². The molecule has 0 saturated heterocycles. The fourth-order valence-corrected chi connectivity index (χ4v) is 4.20. The first kappa shape index (κ1) is 23.8. The molecule has 36 heavy (non-hydrogen) atoms. The van der Waals surface area contributed by atoms with Crippen molar-refractivity contribution in [1.29, 1.82) is 5.26 Å². The van der Waals surface area contributed by atoms with Crippen molar-refractivity contribution in [2.24, 2.45) is 0 Å². The number of nitrogens with one attached hydrogen (secondary N) is 2. The monoisotopic (exact) mass is 505 g/mol. The molecule has 10 heteroatoms. The van der Waals surface area contributed by atoms with Crippen molar-refractivity contribution in [3.8, 4) is 28.5 Å². The quantitative estimate of drug-likeness (QED) is 0.248. The molecule has 0 amide bonds. The maximum Gasteiger partial charge on any atom is 0.278 e. The highest BCUT2D eigenvalue weighted by Gasteiger charge is 2.20. The molecule has 4 aromatic rings. The minimum absolute atomic E-state index is 0.188. The predicted octanol–water partition coefficient (Wildman–Crippen LogP) is 5.77. The summed E-state index contributed by atoms with van der Waals surface area (Å²) in [5.41, 5.74) is 1.47. The van der Waals surface area contributed by atoms with Gasteiger partial charge >= 0.3 is 0 Å². The Morgan fingerprint density at radius 2 is 2.08 bits per heavy atom. The minimum Gasteiger partial charge on any atom is -0.493 e. The van der Waals surface area contributed by atoms with Gasteiger partial charge in [0.05, 0.1) is 36.2 Å². The molecule has 1 aliphatic rings. The molecule has 0 bridgehead atoms. The molecule has 184 valence electrons. The lowest BCUT2D eigenvalue weighted by Gasteiger charge is -2.16. The Hall–Kier alpha value is -3.94. The number of hydrogen-bond acceptors (Lipinski definition) is 9. The summed E-state index contributed by atoms with van der Waals surface area (Å²) >= 11 is 1.31. The molecule has 2 aromatic carbocycles. The van der Waals surface area contributed by atoms with E-state index in [2.05, 4.69) is 26.7 Å². The molecule has 0 unspecified atom stereocenters. The molecule has 0 atom stereocenters. The molecule has 5 rings (SSSR count). The van der Waals surface area contributed by atoms with Crippen LogP contribution in [0.2, 0.25) is 0 Å². The van der Waals surface area contributed by atoms with Crippen molar-refractivity contribution in [1.82, 2.24) is 15.3 Å². The highest BCUT2D eigenvalue weighted by molar-refractivity contribution is 7.11. The first-order chi connectivity index (χ1) is 17.6. The van der Waals surface area contributed by atoms with Crippen molar-refractivity contribution < 1.29 is 18.6 Å². The molecule has 2 heterocycles. The first-order valence-electron chi connectivity index (χ1n) is 11.6. The van der Waals surface area contributed by atoms with Crippen LogP contribution < -0.4 is 24.8 Å². The Morgan fingerprint density at radius 3 is 2.81 bits per heavy atom. The predicted molar refractivity (Wildman–Crippen MR) is 136 cm³/mol. The highest BCUT2D eigenvalue weighted by atomic mass is 32.1. The topological polar surface area (TPSA) is 101 Å². The number of nitrogens with zero attached hydrogens (tertiary/aromatic N) is 3. The molecule has 1 fully saturated rings. The SMILES string of the molecule is COc1cc2c(Nc3ccc(Oc4nccs4)cc3F)c(C#N)cnc2cc1OCCCNC1CC1. The molecule has 0 spiro atoms. The summed E-state index contributed by atoms with van der Waals surface area (Å²) < 4.78 is 32.0. The van der Waals surface area contributed by atoms with E-state index in [0.29, 0.717) is 51.7 Å².